The van der Waals surface area contributed by atoms with Crippen LogP contribution < -0.4 is 5.32 Å². The summed E-state index contributed by atoms with van der Waals surface area (Å²) in [5.74, 6) is 0. The molecule has 0 saturated carbocycles. The van der Waals surface area contributed by atoms with E-state index in [1.54, 1.807) is 11.9 Å². The van der Waals surface area contributed by atoms with Crippen molar-refractivity contribution in [2.24, 2.45) is 0 Å². The number of rotatable bonds is 3. The second-order valence-electron chi connectivity index (χ2n) is 5.36. The number of carbonyl (C=O) groups is 1. The molecule has 0 saturated heterocycles. The summed E-state index contributed by atoms with van der Waals surface area (Å²) in [6.45, 7) is 0.653. The van der Waals surface area contributed by atoms with Gasteiger partial charge in [0.25, 0.3) is 0 Å². The quantitative estimate of drug-likeness (QED) is 0.825. The van der Waals surface area contributed by atoms with Gasteiger partial charge >= 0.3 is 6.03 Å². The van der Waals surface area contributed by atoms with Crippen molar-refractivity contribution in [1.82, 2.24) is 4.90 Å². The molecule has 3 rings (SSSR count). The van der Waals surface area contributed by atoms with Crippen LogP contribution in [-0.4, -0.2) is 18.0 Å². The number of amides is 2. The molecule has 1 aliphatic rings. The first-order chi connectivity index (χ1) is 10.1. The fourth-order valence-electron chi connectivity index (χ4n) is 2.54. The van der Waals surface area contributed by atoms with Gasteiger partial charge in [-0.3, -0.25) is 0 Å². The molecule has 0 aliphatic carbocycles. The van der Waals surface area contributed by atoms with Crippen LogP contribution >= 0.6 is 15.9 Å². The van der Waals surface area contributed by atoms with Gasteiger partial charge in [-0.15, -0.1) is 0 Å². The van der Waals surface area contributed by atoms with E-state index in [4.69, 9.17) is 0 Å². The lowest BCUT2D eigenvalue weighted by atomic mass is 10.0. The Bertz CT molecular complexity index is 657. The summed E-state index contributed by atoms with van der Waals surface area (Å²) in [4.78, 5) is 13.6. The minimum Gasteiger partial charge on any atom is -0.323 e. The van der Waals surface area contributed by atoms with Crippen molar-refractivity contribution in [1.29, 1.82) is 0 Å². The number of carbonyl (C=O) groups excluding carboxylic acids is 1. The maximum Gasteiger partial charge on any atom is 0.321 e. The lowest BCUT2D eigenvalue weighted by Crippen LogP contribution is -2.35. The fraction of sp³-hybridized carbons (Fsp3) is 0.235. The largest absolute Gasteiger partial charge is 0.323 e. The highest BCUT2D eigenvalue weighted by molar-refractivity contribution is 9.09. The van der Waals surface area contributed by atoms with Crippen molar-refractivity contribution < 1.29 is 4.79 Å². The Balaban J connectivity index is 1.80. The summed E-state index contributed by atoms with van der Waals surface area (Å²) >= 11 is 3.78. The van der Waals surface area contributed by atoms with Crippen LogP contribution in [-0.2, 0) is 13.0 Å². The first-order valence-corrected chi connectivity index (χ1v) is 7.88. The molecule has 108 valence electrons. The number of hydrogen-bond donors (Lipinski definition) is 1. The molecule has 0 radical (unpaired) electrons. The zero-order valence-corrected chi connectivity index (χ0v) is 13.4. The Hall–Kier alpha value is -1.81. The molecule has 2 aromatic rings. The van der Waals surface area contributed by atoms with Gasteiger partial charge < -0.3 is 10.2 Å². The van der Waals surface area contributed by atoms with Crippen LogP contribution in [0.4, 0.5) is 10.5 Å². The van der Waals surface area contributed by atoms with Crippen molar-refractivity contribution >= 4 is 27.6 Å². The summed E-state index contributed by atoms with van der Waals surface area (Å²) in [7, 11) is 1.81. The topological polar surface area (TPSA) is 32.3 Å². The highest BCUT2D eigenvalue weighted by Gasteiger charge is 2.20. The van der Waals surface area contributed by atoms with Gasteiger partial charge in [-0.2, -0.15) is 0 Å². The lowest BCUT2D eigenvalue weighted by Gasteiger charge is -2.26. The first-order valence-electron chi connectivity index (χ1n) is 6.96. The Labute approximate surface area is 133 Å². The van der Waals surface area contributed by atoms with Crippen molar-refractivity contribution in [3.05, 3.63) is 65.2 Å². The van der Waals surface area contributed by atoms with Crippen LogP contribution in [0.3, 0.4) is 0 Å². The third kappa shape index (κ3) is 3.10. The smallest absolute Gasteiger partial charge is 0.321 e. The van der Waals surface area contributed by atoms with Crippen LogP contribution in [0, 0.1) is 0 Å². The molecule has 2 aromatic carbocycles. The Kier molecular flexibility index (Phi) is 3.97. The monoisotopic (exact) mass is 344 g/mol. The predicted molar refractivity (Wildman–Crippen MR) is 88.7 cm³/mol. The molecular formula is C17H17BrN2O. The van der Waals surface area contributed by atoms with Gasteiger partial charge in [-0.25, -0.2) is 4.79 Å². The van der Waals surface area contributed by atoms with Crippen LogP contribution in [0.5, 0.6) is 0 Å². The zero-order chi connectivity index (χ0) is 14.8. The molecule has 0 bridgehead atoms. The molecule has 3 nitrogen and oxygen atoms in total. The Morgan fingerprint density at radius 2 is 2.00 bits per heavy atom. The molecular weight excluding hydrogens is 328 g/mol. The molecule has 1 aliphatic heterocycles. The predicted octanol–water partition coefficient (Wildman–Crippen LogP) is 4.34. The maximum absolute atomic E-state index is 11.6. The summed E-state index contributed by atoms with van der Waals surface area (Å²) in [6, 6.07) is 16.6. The number of halogens is 1. The van der Waals surface area contributed by atoms with Gasteiger partial charge in [0.2, 0.25) is 0 Å². The van der Waals surface area contributed by atoms with Crippen molar-refractivity contribution in [2.75, 3.05) is 12.4 Å². The number of anilines is 1. The Morgan fingerprint density at radius 3 is 2.76 bits per heavy atom. The van der Waals surface area contributed by atoms with Gasteiger partial charge in [0.15, 0.2) is 0 Å². The molecule has 1 heterocycles. The second kappa shape index (κ2) is 5.90. The number of nitrogens with one attached hydrogen (secondary N) is 1. The lowest BCUT2D eigenvalue weighted by molar-refractivity contribution is 0.218. The molecule has 0 fully saturated rings. The molecule has 0 spiro atoms. The molecule has 1 N–H and O–H groups in total. The second-order valence-corrected chi connectivity index (χ2v) is 6.47. The molecule has 0 aromatic heterocycles. The highest BCUT2D eigenvalue weighted by atomic mass is 79.9. The van der Waals surface area contributed by atoms with Gasteiger partial charge in [-0.05, 0) is 29.2 Å². The van der Waals surface area contributed by atoms with E-state index in [9.17, 15) is 4.79 Å². The number of alkyl halides is 1. The van der Waals surface area contributed by atoms with Gasteiger partial charge in [-0.1, -0.05) is 58.4 Å². The minimum absolute atomic E-state index is 0.0464. The van der Waals surface area contributed by atoms with E-state index in [1.807, 2.05) is 12.1 Å². The maximum atomic E-state index is 11.6. The zero-order valence-electron chi connectivity index (χ0n) is 11.8. The average Bonchev–Trinajstić information content (AvgIpc) is 2.49. The number of nitrogens with zero attached hydrogens (tertiary/aromatic N) is 1. The third-order valence-electron chi connectivity index (χ3n) is 3.74. The van der Waals surface area contributed by atoms with Crippen molar-refractivity contribution in [2.45, 2.75) is 17.8 Å². The SMILES string of the molecule is CN1Cc2cc(C(Br)Cc3ccccc3)ccc2NC1=O. The van der Waals surface area contributed by atoms with E-state index < -0.39 is 0 Å². The van der Waals surface area contributed by atoms with Gasteiger partial charge in [0.1, 0.15) is 0 Å². The first kappa shape index (κ1) is 14.1. The molecule has 21 heavy (non-hydrogen) atoms. The number of hydrogen-bond acceptors (Lipinski definition) is 1. The molecule has 1 atom stereocenters. The number of urea groups is 1. The molecule has 2 amide bonds. The van der Waals surface area contributed by atoms with Crippen LogP contribution in [0.2, 0.25) is 0 Å². The van der Waals surface area contributed by atoms with Gasteiger partial charge in [0, 0.05) is 24.1 Å². The third-order valence-corrected chi connectivity index (χ3v) is 4.60. The summed E-state index contributed by atoms with van der Waals surface area (Å²) in [5, 5.41) is 2.90. The molecule has 4 heteroatoms. The van der Waals surface area contributed by atoms with Crippen LogP contribution in [0.1, 0.15) is 21.5 Å². The Morgan fingerprint density at radius 1 is 1.24 bits per heavy atom. The summed E-state index contributed by atoms with van der Waals surface area (Å²) in [6.07, 6.45) is 0.946. The van der Waals surface area contributed by atoms with Crippen molar-refractivity contribution in [3.8, 4) is 0 Å². The number of benzene rings is 2. The van der Waals surface area contributed by atoms with Crippen LogP contribution in [0.15, 0.2) is 48.5 Å². The van der Waals surface area contributed by atoms with E-state index >= 15 is 0 Å². The van der Waals surface area contributed by atoms with E-state index in [2.05, 4.69) is 57.6 Å². The summed E-state index contributed by atoms with van der Waals surface area (Å²) < 4.78 is 0. The van der Waals surface area contributed by atoms with Crippen LogP contribution in [0.25, 0.3) is 0 Å². The number of fused-ring (bicyclic) bond motifs is 1. The minimum atomic E-state index is -0.0464. The average molecular weight is 345 g/mol. The standard InChI is InChI=1S/C17H17BrN2O/c1-20-11-14-10-13(7-8-16(14)19-17(20)21)15(18)9-12-5-3-2-4-6-12/h2-8,10,15H,9,11H2,1H3,(H,19,21). The normalized spacial score (nSPS) is 15.3. The van der Waals surface area contributed by atoms with Crippen molar-refractivity contribution in [3.63, 3.8) is 0 Å². The van der Waals surface area contributed by atoms with Gasteiger partial charge in [0.05, 0.1) is 0 Å². The van der Waals surface area contributed by atoms with E-state index in [0.29, 0.717) is 6.54 Å². The van der Waals surface area contributed by atoms with E-state index in [1.165, 1.54) is 11.1 Å². The fourth-order valence-corrected chi connectivity index (χ4v) is 3.20. The molecule has 1 unspecified atom stereocenters. The highest BCUT2D eigenvalue weighted by Crippen LogP contribution is 2.31. The van der Waals surface area contributed by atoms with E-state index in [-0.39, 0.29) is 10.9 Å². The van der Waals surface area contributed by atoms with E-state index in [0.717, 1.165) is 17.7 Å². The summed E-state index contributed by atoms with van der Waals surface area (Å²) in [5.41, 5.74) is 4.62.